The van der Waals surface area contributed by atoms with Crippen molar-refractivity contribution < 1.29 is 33.4 Å². The average Bonchev–Trinajstić information content (AvgIpc) is 3.50. The van der Waals surface area contributed by atoms with E-state index in [1.54, 1.807) is 48.5 Å². The summed E-state index contributed by atoms with van der Waals surface area (Å²) in [5.41, 5.74) is 2.50. The van der Waals surface area contributed by atoms with E-state index in [0.29, 0.717) is 53.6 Å². The normalized spacial score (nSPS) is 18.0. The fourth-order valence-corrected chi connectivity index (χ4v) is 4.86. The van der Waals surface area contributed by atoms with Crippen LogP contribution in [0.5, 0.6) is 11.5 Å². The molecule has 0 saturated carbocycles. The van der Waals surface area contributed by atoms with Gasteiger partial charge in [0.15, 0.2) is 5.76 Å². The quantitative estimate of drug-likeness (QED) is 0.232. The molecule has 43 heavy (non-hydrogen) atoms. The smallest absolute Gasteiger partial charge is 0.330 e. The second kappa shape index (κ2) is 13.9. The Labute approximate surface area is 249 Å². The van der Waals surface area contributed by atoms with Crippen LogP contribution in [0.4, 0.5) is 21.0 Å². The molecule has 5 rings (SSSR count). The lowest BCUT2D eigenvalue weighted by Gasteiger charge is -2.36. The molecule has 3 unspecified atom stereocenters. The Hall–Kier alpha value is -4.87. The van der Waals surface area contributed by atoms with Gasteiger partial charge in [-0.3, -0.25) is 0 Å². The number of anilines is 2. The van der Waals surface area contributed by atoms with Gasteiger partial charge >= 0.3 is 12.1 Å². The summed E-state index contributed by atoms with van der Waals surface area (Å²) in [4.78, 5) is 28.0. The molecular weight excluding hydrogens is 552 g/mol. The number of aliphatic hydroxyl groups excluding tert-OH is 1. The molecule has 4 aromatic rings. The van der Waals surface area contributed by atoms with Crippen molar-refractivity contribution in [2.75, 3.05) is 31.4 Å². The van der Waals surface area contributed by atoms with E-state index in [4.69, 9.17) is 18.7 Å². The molecule has 0 bridgehead atoms. The number of nitrogens with one attached hydrogen (secondary N) is 2. The summed E-state index contributed by atoms with van der Waals surface area (Å²) < 4.78 is 22.3. The highest BCUT2D eigenvalue weighted by atomic mass is 16.5. The summed E-state index contributed by atoms with van der Waals surface area (Å²) in [6.45, 7) is -0.197. The maximum atomic E-state index is 13.5. The van der Waals surface area contributed by atoms with Crippen molar-refractivity contribution in [1.82, 2.24) is 10.1 Å². The molecule has 3 atom stereocenters. The summed E-state index contributed by atoms with van der Waals surface area (Å²) in [6, 6.07) is 23.7. The highest BCUT2D eigenvalue weighted by Gasteiger charge is 2.35. The zero-order chi connectivity index (χ0) is 30.2. The van der Waals surface area contributed by atoms with Gasteiger partial charge in [-0.05, 0) is 37.1 Å². The molecule has 1 aromatic heterocycles. The molecule has 0 radical (unpaired) electrons. The van der Waals surface area contributed by atoms with Crippen LogP contribution in [0.3, 0.4) is 0 Å². The van der Waals surface area contributed by atoms with Crippen molar-refractivity contribution in [2.45, 2.75) is 37.6 Å². The van der Waals surface area contributed by atoms with E-state index in [1.807, 2.05) is 36.4 Å². The van der Waals surface area contributed by atoms with Crippen LogP contribution in [-0.2, 0) is 11.2 Å². The first-order valence-corrected chi connectivity index (χ1v) is 13.9. The van der Waals surface area contributed by atoms with Crippen molar-refractivity contribution in [3.8, 4) is 22.8 Å². The number of hydrogen-bond donors (Lipinski definition) is 3. The number of amides is 4. The lowest BCUT2D eigenvalue weighted by Crippen LogP contribution is -2.52. The Bertz CT molecular complexity index is 1470. The van der Waals surface area contributed by atoms with Gasteiger partial charge in [-0.1, -0.05) is 47.6 Å². The van der Waals surface area contributed by atoms with Gasteiger partial charge in [0.05, 0.1) is 38.7 Å². The Morgan fingerprint density at radius 3 is 2.12 bits per heavy atom. The molecule has 0 aliphatic carbocycles. The van der Waals surface area contributed by atoms with Gasteiger partial charge in [0.25, 0.3) is 0 Å². The summed E-state index contributed by atoms with van der Waals surface area (Å²) >= 11 is 0. The molecule has 1 aliphatic rings. The van der Waals surface area contributed by atoms with Crippen LogP contribution in [0.15, 0.2) is 89.5 Å². The molecule has 0 spiro atoms. The molecule has 1 aliphatic heterocycles. The summed E-state index contributed by atoms with van der Waals surface area (Å²) in [6.07, 6.45) is -0.548. The van der Waals surface area contributed by atoms with E-state index in [9.17, 15) is 14.7 Å². The SMILES string of the molecule is COc1cccc(NC(=O)N(CC2OC(Cc3cc(-c4ccccc4)on3)CCC2O)C(=O)Nc2cccc(OC)c2)c1. The van der Waals surface area contributed by atoms with Crippen LogP contribution in [-0.4, -0.2) is 66.3 Å². The number of carbonyl (C=O) groups is 2. The summed E-state index contributed by atoms with van der Waals surface area (Å²) in [5, 5.41) is 20.5. The molecule has 11 heteroatoms. The van der Waals surface area contributed by atoms with E-state index in [2.05, 4.69) is 15.8 Å². The first-order chi connectivity index (χ1) is 20.9. The highest BCUT2D eigenvalue weighted by molar-refractivity contribution is 6.05. The monoisotopic (exact) mass is 586 g/mol. The first kappa shape index (κ1) is 29.6. The molecular formula is C32H34N4O7. The van der Waals surface area contributed by atoms with E-state index >= 15 is 0 Å². The highest BCUT2D eigenvalue weighted by Crippen LogP contribution is 2.27. The number of benzene rings is 3. The van der Waals surface area contributed by atoms with Crippen LogP contribution in [0.25, 0.3) is 11.3 Å². The zero-order valence-corrected chi connectivity index (χ0v) is 23.9. The van der Waals surface area contributed by atoms with Crippen LogP contribution in [0, 0.1) is 0 Å². The van der Waals surface area contributed by atoms with Crippen LogP contribution < -0.4 is 20.1 Å². The van der Waals surface area contributed by atoms with Gasteiger partial charge in [-0.2, -0.15) is 0 Å². The van der Waals surface area contributed by atoms with E-state index in [1.165, 1.54) is 14.2 Å². The Kier molecular flexibility index (Phi) is 9.55. The van der Waals surface area contributed by atoms with E-state index in [-0.39, 0.29) is 12.6 Å². The summed E-state index contributed by atoms with van der Waals surface area (Å²) in [7, 11) is 3.04. The average molecular weight is 587 g/mol. The molecule has 1 fully saturated rings. The predicted molar refractivity (Wildman–Crippen MR) is 160 cm³/mol. The van der Waals surface area contributed by atoms with Crippen molar-refractivity contribution in [2.24, 2.45) is 0 Å². The lowest BCUT2D eigenvalue weighted by atomic mass is 9.97. The second-order valence-electron chi connectivity index (χ2n) is 10.1. The minimum atomic E-state index is -0.884. The molecule has 3 N–H and O–H groups in total. The maximum Gasteiger partial charge on any atom is 0.330 e. The third kappa shape index (κ3) is 7.70. The summed E-state index contributed by atoms with van der Waals surface area (Å²) in [5.74, 6) is 1.74. The number of aliphatic hydroxyl groups is 1. The number of rotatable bonds is 9. The van der Waals surface area contributed by atoms with Gasteiger partial charge in [-0.15, -0.1) is 0 Å². The van der Waals surface area contributed by atoms with Gasteiger partial charge in [0.2, 0.25) is 0 Å². The van der Waals surface area contributed by atoms with Crippen molar-refractivity contribution >= 4 is 23.4 Å². The number of carbonyl (C=O) groups excluding carboxylic acids is 2. The Balaban J connectivity index is 1.31. The van der Waals surface area contributed by atoms with Crippen molar-refractivity contribution in [3.63, 3.8) is 0 Å². The van der Waals surface area contributed by atoms with E-state index < -0.39 is 24.3 Å². The Morgan fingerprint density at radius 2 is 1.51 bits per heavy atom. The number of urea groups is 2. The number of aromatic nitrogens is 1. The van der Waals surface area contributed by atoms with Crippen LogP contribution in [0.2, 0.25) is 0 Å². The predicted octanol–water partition coefficient (Wildman–Crippen LogP) is 5.58. The Morgan fingerprint density at radius 1 is 0.884 bits per heavy atom. The minimum Gasteiger partial charge on any atom is -0.497 e. The fourth-order valence-electron chi connectivity index (χ4n) is 4.86. The topological polar surface area (TPSA) is 135 Å². The number of nitrogens with zero attached hydrogens (tertiary/aromatic N) is 2. The maximum absolute atomic E-state index is 13.5. The largest absolute Gasteiger partial charge is 0.497 e. The molecule has 11 nitrogen and oxygen atoms in total. The molecule has 4 amide bonds. The van der Waals surface area contributed by atoms with Crippen molar-refractivity contribution in [3.05, 3.63) is 90.6 Å². The number of imide groups is 1. The molecule has 1 saturated heterocycles. The van der Waals surface area contributed by atoms with Crippen molar-refractivity contribution in [1.29, 1.82) is 0 Å². The fraction of sp³-hybridized carbons (Fsp3) is 0.281. The van der Waals surface area contributed by atoms with Gasteiger partial charge in [0, 0.05) is 41.6 Å². The molecule has 224 valence electrons. The van der Waals surface area contributed by atoms with Gasteiger partial charge in [0.1, 0.15) is 17.6 Å². The lowest BCUT2D eigenvalue weighted by molar-refractivity contribution is -0.119. The zero-order valence-electron chi connectivity index (χ0n) is 23.9. The standard InChI is InChI=1S/C32H34N4O7/c1-40-25-12-6-10-22(16-25)33-31(38)36(32(39)34-23-11-7-13-26(17-23)41-2)20-30-28(37)15-14-27(42-30)18-24-19-29(43-35-24)21-8-4-3-5-9-21/h3-13,16-17,19,27-28,30,37H,14-15,18,20H2,1-2H3,(H,33,38)(H,34,39). The van der Waals surface area contributed by atoms with Crippen LogP contribution >= 0.6 is 0 Å². The number of methoxy groups -OCH3 is 2. The van der Waals surface area contributed by atoms with Gasteiger partial charge < -0.3 is 34.5 Å². The molecule has 2 heterocycles. The minimum absolute atomic E-state index is 0.197. The van der Waals surface area contributed by atoms with Crippen LogP contribution in [0.1, 0.15) is 18.5 Å². The third-order valence-electron chi connectivity index (χ3n) is 7.13. The number of hydrogen-bond acceptors (Lipinski definition) is 8. The molecule has 3 aromatic carbocycles. The van der Waals surface area contributed by atoms with Gasteiger partial charge in [-0.25, -0.2) is 14.5 Å². The van der Waals surface area contributed by atoms with E-state index in [0.717, 1.165) is 10.5 Å². The third-order valence-corrected chi connectivity index (χ3v) is 7.13. The first-order valence-electron chi connectivity index (χ1n) is 13.9. The number of ether oxygens (including phenoxy) is 3. The second-order valence-corrected chi connectivity index (χ2v) is 10.1.